The molecule has 0 amide bonds. The van der Waals surface area contributed by atoms with Crippen LogP contribution < -0.4 is 5.73 Å². The lowest BCUT2D eigenvalue weighted by Crippen LogP contribution is -2.22. The molecule has 0 aromatic heterocycles. The predicted molar refractivity (Wildman–Crippen MR) is 74.0 cm³/mol. The summed E-state index contributed by atoms with van der Waals surface area (Å²) >= 11 is 1.74. The molecule has 0 heterocycles. The first-order chi connectivity index (χ1) is 8.19. The molecule has 0 saturated heterocycles. The molecule has 1 rings (SSSR count). The zero-order valence-electron chi connectivity index (χ0n) is 10.7. The molecule has 0 saturated carbocycles. The molecule has 0 bridgehead atoms. The lowest BCUT2D eigenvalue weighted by Gasteiger charge is -2.13. The summed E-state index contributed by atoms with van der Waals surface area (Å²) in [7, 11) is 0. The van der Waals surface area contributed by atoms with Crippen molar-refractivity contribution in [1.82, 2.24) is 0 Å². The van der Waals surface area contributed by atoms with Crippen molar-refractivity contribution in [3.8, 4) is 0 Å². The van der Waals surface area contributed by atoms with E-state index in [9.17, 15) is 4.39 Å². The van der Waals surface area contributed by atoms with Crippen molar-refractivity contribution < 1.29 is 4.39 Å². The van der Waals surface area contributed by atoms with Gasteiger partial charge in [-0.1, -0.05) is 26.3 Å². The van der Waals surface area contributed by atoms with Crippen molar-refractivity contribution in [3.05, 3.63) is 29.6 Å². The van der Waals surface area contributed by atoms with Gasteiger partial charge in [0, 0.05) is 16.5 Å². The quantitative estimate of drug-likeness (QED) is 0.589. The molecule has 1 unspecified atom stereocenters. The van der Waals surface area contributed by atoms with Crippen LogP contribution in [0.4, 0.5) is 4.39 Å². The van der Waals surface area contributed by atoms with Crippen LogP contribution in [0.5, 0.6) is 0 Å². The summed E-state index contributed by atoms with van der Waals surface area (Å²) in [6, 6.07) is 5.37. The van der Waals surface area contributed by atoms with E-state index < -0.39 is 0 Å². The van der Waals surface area contributed by atoms with Gasteiger partial charge in [0.05, 0.1) is 0 Å². The number of benzene rings is 1. The van der Waals surface area contributed by atoms with Crippen LogP contribution in [-0.2, 0) is 6.42 Å². The van der Waals surface area contributed by atoms with Crippen LogP contribution in [0.25, 0.3) is 0 Å². The van der Waals surface area contributed by atoms with Crippen molar-refractivity contribution in [2.75, 3.05) is 5.75 Å². The maximum atomic E-state index is 13.8. The molecule has 1 aromatic carbocycles. The Kier molecular flexibility index (Phi) is 6.60. The second kappa shape index (κ2) is 7.72. The second-order valence-corrected chi connectivity index (χ2v) is 5.43. The number of nitrogens with two attached hydrogens (primary N) is 1. The Morgan fingerprint density at radius 3 is 2.76 bits per heavy atom. The van der Waals surface area contributed by atoms with E-state index in [4.69, 9.17) is 5.73 Å². The summed E-state index contributed by atoms with van der Waals surface area (Å²) in [6.07, 6.45) is 3.86. The van der Waals surface area contributed by atoms with Gasteiger partial charge in [0.25, 0.3) is 0 Å². The van der Waals surface area contributed by atoms with E-state index in [1.54, 1.807) is 17.8 Å². The highest BCUT2D eigenvalue weighted by Crippen LogP contribution is 2.27. The second-order valence-electron chi connectivity index (χ2n) is 4.29. The van der Waals surface area contributed by atoms with Crippen LogP contribution in [0, 0.1) is 5.82 Å². The largest absolute Gasteiger partial charge is 0.327 e. The van der Waals surface area contributed by atoms with Crippen LogP contribution in [-0.4, -0.2) is 11.8 Å². The number of rotatable bonds is 7. The molecule has 0 spiro atoms. The molecule has 0 fully saturated rings. The van der Waals surface area contributed by atoms with Gasteiger partial charge in [-0.15, -0.1) is 11.8 Å². The average molecular weight is 255 g/mol. The van der Waals surface area contributed by atoms with Gasteiger partial charge >= 0.3 is 0 Å². The first-order valence-corrected chi connectivity index (χ1v) is 7.33. The fourth-order valence-corrected chi connectivity index (χ4v) is 2.79. The van der Waals surface area contributed by atoms with Gasteiger partial charge < -0.3 is 5.73 Å². The molecule has 0 radical (unpaired) electrons. The molecule has 0 aliphatic heterocycles. The van der Waals surface area contributed by atoms with Gasteiger partial charge in [0.1, 0.15) is 5.82 Å². The SMILES string of the molecule is CCCCSc1cccc(F)c1CC(N)CC. The van der Waals surface area contributed by atoms with Crippen LogP contribution in [0.2, 0.25) is 0 Å². The third kappa shape index (κ3) is 4.68. The zero-order chi connectivity index (χ0) is 12.7. The molecule has 17 heavy (non-hydrogen) atoms. The highest BCUT2D eigenvalue weighted by molar-refractivity contribution is 7.99. The maximum Gasteiger partial charge on any atom is 0.127 e. The molecular formula is C14H22FNS. The molecule has 1 nitrogen and oxygen atoms in total. The van der Waals surface area contributed by atoms with Crippen LogP contribution >= 0.6 is 11.8 Å². The Labute approximate surface area is 108 Å². The third-order valence-corrected chi connectivity index (χ3v) is 4.01. The number of halogens is 1. The number of unbranched alkanes of at least 4 members (excludes halogenated alkanes) is 1. The van der Waals surface area contributed by atoms with Crippen molar-refractivity contribution in [2.24, 2.45) is 5.73 Å². The molecule has 96 valence electrons. The topological polar surface area (TPSA) is 26.0 Å². The Hall–Kier alpha value is -0.540. The zero-order valence-corrected chi connectivity index (χ0v) is 11.5. The number of hydrogen-bond donors (Lipinski definition) is 1. The van der Waals surface area contributed by atoms with E-state index in [0.717, 1.165) is 22.6 Å². The standard InChI is InChI=1S/C14H22FNS/c1-3-5-9-17-14-8-6-7-13(15)12(14)10-11(16)4-2/h6-8,11H,3-5,9-10,16H2,1-2H3. The third-order valence-electron chi connectivity index (χ3n) is 2.82. The Morgan fingerprint density at radius 2 is 2.12 bits per heavy atom. The fraction of sp³-hybridized carbons (Fsp3) is 0.571. The normalized spacial score (nSPS) is 12.7. The highest BCUT2D eigenvalue weighted by atomic mass is 32.2. The van der Waals surface area contributed by atoms with Crippen molar-refractivity contribution in [2.45, 2.75) is 50.5 Å². The molecule has 2 N–H and O–H groups in total. The van der Waals surface area contributed by atoms with E-state index in [1.807, 2.05) is 13.0 Å². The Balaban J connectivity index is 2.76. The summed E-state index contributed by atoms with van der Waals surface area (Å²) in [5, 5.41) is 0. The molecule has 1 aromatic rings. The highest BCUT2D eigenvalue weighted by Gasteiger charge is 2.11. The Bertz CT molecular complexity index is 341. The average Bonchev–Trinajstić information content (AvgIpc) is 2.33. The van der Waals surface area contributed by atoms with Crippen molar-refractivity contribution in [1.29, 1.82) is 0 Å². The first-order valence-electron chi connectivity index (χ1n) is 6.34. The minimum atomic E-state index is -0.115. The van der Waals surface area contributed by atoms with Gasteiger partial charge in [-0.05, 0) is 37.1 Å². The minimum Gasteiger partial charge on any atom is -0.327 e. The van der Waals surface area contributed by atoms with Gasteiger partial charge in [0.15, 0.2) is 0 Å². The van der Waals surface area contributed by atoms with Crippen LogP contribution in [0.15, 0.2) is 23.1 Å². The lowest BCUT2D eigenvalue weighted by molar-refractivity contribution is 0.571. The molecule has 0 aliphatic rings. The lowest BCUT2D eigenvalue weighted by atomic mass is 10.0. The van der Waals surface area contributed by atoms with Gasteiger partial charge in [0.2, 0.25) is 0 Å². The summed E-state index contributed by atoms with van der Waals surface area (Å²) in [6.45, 7) is 4.20. The molecule has 1 atom stereocenters. The van der Waals surface area contributed by atoms with E-state index in [0.29, 0.717) is 6.42 Å². The summed E-state index contributed by atoms with van der Waals surface area (Å²) in [4.78, 5) is 1.06. The van der Waals surface area contributed by atoms with E-state index in [2.05, 4.69) is 6.92 Å². The molecule has 0 aliphatic carbocycles. The summed E-state index contributed by atoms with van der Waals surface area (Å²) in [5.41, 5.74) is 6.72. The molecular weight excluding hydrogens is 233 g/mol. The van der Waals surface area contributed by atoms with Gasteiger partial charge in [-0.2, -0.15) is 0 Å². The van der Waals surface area contributed by atoms with E-state index >= 15 is 0 Å². The van der Waals surface area contributed by atoms with Crippen LogP contribution in [0.3, 0.4) is 0 Å². The minimum absolute atomic E-state index is 0.0532. The number of hydrogen-bond acceptors (Lipinski definition) is 2. The maximum absolute atomic E-state index is 13.8. The number of thioether (sulfide) groups is 1. The summed E-state index contributed by atoms with van der Waals surface area (Å²) < 4.78 is 13.8. The smallest absolute Gasteiger partial charge is 0.127 e. The van der Waals surface area contributed by atoms with Gasteiger partial charge in [-0.3, -0.25) is 0 Å². The Morgan fingerprint density at radius 1 is 1.35 bits per heavy atom. The van der Waals surface area contributed by atoms with Crippen molar-refractivity contribution in [3.63, 3.8) is 0 Å². The van der Waals surface area contributed by atoms with E-state index in [-0.39, 0.29) is 11.9 Å². The van der Waals surface area contributed by atoms with E-state index in [1.165, 1.54) is 18.9 Å². The van der Waals surface area contributed by atoms with Gasteiger partial charge in [-0.25, -0.2) is 4.39 Å². The fourth-order valence-electron chi connectivity index (χ4n) is 1.61. The van der Waals surface area contributed by atoms with Crippen LogP contribution in [0.1, 0.15) is 38.7 Å². The summed E-state index contributed by atoms with van der Waals surface area (Å²) in [5.74, 6) is 0.935. The molecule has 3 heteroatoms. The van der Waals surface area contributed by atoms with Crippen molar-refractivity contribution >= 4 is 11.8 Å². The monoisotopic (exact) mass is 255 g/mol. The first kappa shape index (κ1) is 14.5. The predicted octanol–water partition coefficient (Wildman–Crippen LogP) is 4.00.